The zero-order chi connectivity index (χ0) is 32.8. The number of carbonyl (C=O) groups is 2. The molecule has 4 rings (SSSR count). The van der Waals surface area contributed by atoms with Crippen molar-refractivity contribution in [2.24, 2.45) is 0 Å². The van der Waals surface area contributed by atoms with Crippen LogP contribution in [0.3, 0.4) is 0 Å². The van der Waals surface area contributed by atoms with Crippen molar-refractivity contribution >= 4 is 50.7 Å². The van der Waals surface area contributed by atoms with Crippen LogP contribution in [-0.4, -0.2) is 50.0 Å². The first kappa shape index (κ1) is 34.6. The molecule has 7 nitrogen and oxygen atoms in total. The van der Waals surface area contributed by atoms with E-state index in [1.54, 1.807) is 30.3 Å². The fourth-order valence-electron chi connectivity index (χ4n) is 5.38. The number of sulfonamides is 1. The Labute approximate surface area is 271 Å². The summed E-state index contributed by atoms with van der Waals surface area (Å²) in [5.74, 6) is -1.20. The first-order valence-electron chi connectivity index (χ1n) is 14.4. The standard InChI is InChI=1S/C32H34Cl2F3N3O4S/c1-45(43,44)40(26-14-8-11-24(19-26)32(35,36)37)21-30(41)39(20-23-15-16-27(33)28(34)17-23)29(18-22-9-4-2-5-10-22)31(42)38-25-12-6-3-7-13-25/h2,4-5,8-11,14-17,19,25,29H,3,6-7,12-13,18,20-21H2,1H3,(H,38,42). The highest BCUT2D eigenvalue weighted by atomic mass is 35.5. The Hall–Kier alpha value is -3.28. The van der Waals surface area contributed by atoms with Crippen LogP contribution < -0.4 is 9.62 Å². The molecule has 1 aliphatic carbocycles. The number of alkyl halides is 3. The number of nitrogens with one attached hydrogen (secondary N) is 1. The van der Waals surface area contributed by atoms with Crippen LogP contribution >= 0.6 is 23.2 Å². The lowest BCUT2D eigenvalue weighted by atomic mass is 9.94. The Kier molecular flexibility index (Phi) is 11.4. The number of anilines is 1. The number of rotatable bonds is 11. The molecule has 3 aromatic rings. The maximum absolute atomic E-state index is 14.2. The van der Waals surface area contributed by atoms with Gasteiger partial charge in [0.05, 0.1) is 27.6 Å². The molecule has 0 spiro atoms. The zero-order valence-corrected chi connectivity index (χ0v) is 26.9. The monoisotopic (exact) mass is 683 g/mol. The van der Waals surface area contributed by atoms with Gasteiger partial charge in [0.2, 0.25) is 21.8 Å². The smallest absolute Gasteiger partial charge is 0.352 e. The van der Waals surface area contributed by atoms with Crippen LogP contribution in [0.2, 0.25) is 10.0 Å². The van der Waals surface area contributed by atoms with Gasteiger partial charge in [-0.15, -0.1) is 0 Å². The maximum Gasteiger partial charge on any atom is 0.416 e. The third-order valence-electron chi connectivity index (χ3n) is 7.70. The van der Waals surface area contributed by atoms with Gasteiger partial charge in [-0.1, -0.05) is 84.9 Å². The molecule has 1 atom stereocenters. The lowest BCUT2D eigenvalue weighted by molar-refractivity contribution is -0.140. The van der Waals surface area contributed by atoms with Crippen LogP contribution in [0.15, 0.2) is 72.8 Å². The van der Waals surface area contributed by atoms with Gasteiger partial charge in [0.1, 0.15) is 12.6 Å². The highest BCUT2D eigenvalue weighted by molar-refractivity contribution is 7.92. The summed E-state index contributed by atoms with van der Waals surface area (Å²) in [4.78, 5) is 29.4. The van der Waals surface area contributed by atoms with Crippen molar-refractivity contribution in [2.75, 3.05) is 17.1 Å². The lowest BCUT2D eigenvalue weighted by Gasteiger charge is -2.35. The third-order valence-corrected chi connectivity index (χ3v) is 9.58. The molecule has 0 aliphatic heterocycles. The van der Waals surface area contributed by atoms with Crippen LogP contribution in [0.4, 0.5) is 18.9 Å². The molecule has 1 unspecified atom stereocenters. The van der Waals surface area contributed by atoms with Gasteiger partial charge in [0, 0.05) is 19.0 Å². The molecule has 1 saturated carbocycles. The van der Waals surface area contributed by atoms with Crippen LogP contribution in [0.1, 0.15) is 48.8 Å². The SMILES string of the molecule is CS(=O)(=O)N(CC(=O)N(Cc1ccc(Cl)c(Cl)c1)C(Cc1ccccc1)C(=O)NC1CCCCC1)c1cccc(C(F)(F)F)c1. The van der Waals surface area contributed by atoms with Crippen LogP contribution in [0, 0.1) is 0 Å². The Balaban J connectivity index is 1.75. The summed E-state index contributed by atoms with van der Waals surface area (Å²) >= 11 is 12.4. The normalized spacial score (nSPS) is 14.9. The molecular formula is C32H34Cl2F3N3O4S. The van der Waals surface area contributed by atoms with Crippen molar-refractivity contribution in [3.05, 3.63) is 99.5 Å². The van der Waals surface area contributed by atoms with Crippen molar-refractivity contribution in [1.82, 2.24) is 10.2 Å². The molecular weight excluding hydrogens is 650 g/mol. The average molecular weight is 685 g/mol. The van der Waals surface area contributed by atoms with E-state index in [1.807, 2.05) is 18.2 Å². The molecule has 3 aromatic carbocycles. The number of nitrogens with zero attached hydrogens (tertiary/aromatic N) is 2. The molecule has 1 N–H and O–H groups in total. The molecule has 0 bridgehead atoms. The van der Waals surface area contributed by atoms with Gasteiger partial charge in [-0.25, -0.2) is 8.42 Å². The largest absolute Gasteiger partial charge is 0.416 e. The highest BCUT2D eigenvalue weighted by Gasteiger charge is 2.35. The minimum Gasteiger partial charge on any atom is -0.352 e. The number of halogens is 5. The first-order valence-corrected chi connectivity index (χ1v) is 17.1. The predicted molar refractivity (Wildman–Crippen MR) is 170 cm³/mol. The summed E-state index contributed by atoms with van der Waals surface area (Å²) in [6.07, 6.45) is 0.751. The van der Waals surface area contributed by atoms with Crippen LogP contribution in [0.25, 0.3) is 0 Å². The zero-order valence-electron chi connectivity index (χ0n) is 24.6. The van der Waals surface area contributed by atoms with Crippen molar-refractivity contribution in [3.63, 3.8) is 0 Å². The van der Waals surface area contributed by atoms with Gasteiger partial charge in [0.15, 0.2) is 0 Å². The van der Waals surface area contributed by atoms with E-state index in [0.29, 0.717) is 15.9 Å². The summed E-state index contributed by atoms with van der Waals surface area (Å²) in [6.45, 7) is -0.991. The fraction of sp³-hybridized carbons (Fsp3) is 0.375. The second-order valence-electron chi connectivity index (χ2n) is 11.1. The van der Waals surface area contributed by atoms with E-state index in [-0.39, 0.29) is 34.7 Å². The molecule has 0 aromatic heterocycles. The van der Waals surface area contributed by atoms with Gasteiger partial charge in [-0.3, -0.25) is 13.9 Å². The van der Waals surface area contributed by atoms with E-state index in [2.05, 4.69) is 5.32 Å². The Morgan fingerprint density at radius 2 is 1.60 bits per heavy atom. The number of benzene rings is 3. The van der Waals surface area contributed by atoms with Crippen molar-refractivity contribution < 1.29 is 31.2 Å². The average Bonchev–Trinajstić information content (AvgIpc) is 2.99. The van der Waals surface area contributed by atoms with Crippen LogP contribution in [0.5, 0.6) is 0 Å². The predicted octanol–water partition coefficient (Wildman–Crippen LogP) is 6.87. The minimum atomic E-state index is -4.74. The topological polar surface area (TPSA) is 86.8 Å². The Morgan fingerprint density at radius 1 is 0.911 bits per heavy atom. The summed E-state index contributed by atoms with van der Waals surface area (Å²) in [5, 5.41) is 3.58. The number of hydrogen-bond acceptors (Lipinski definition) is 4. The maximum atomic E-state index is 14.2. The van der Waals surface area contributed by atoms with E-state index < -0.39 is 46.2 Å². The Bertz CT molecular complexity index is 1600. The van der Waals surface area contributed by atoms with E-state index in [1.165, 1.54) is 11.0 Å². The summed E-state index contributed by atoms with van der Waals surface area (Å²) in [5.41, 5.74) is -0.124. The van der Waals surface area contributed by atoms with Gasteiger partial charge in [-0.2, -0.15) is 13.2 Å². The lowest BCUT2D eigenvalue weighted by Crippen LogP contribution is -2.55. The summed E-state index contributed by atoms with van der Waals surface area (Å²) in [6, 6.07) is 16.4. The van der Waals surface area contributed by atoms with E-state index in [0.717, 1.165) is 56.1 Å². The third kappa shape index (κ3) is 9.61. The molecule has 2 amide bonds. The van der Waals surface area contributed by atoms with Crippen molar-refractivity contribution in [3.8, 4) is 0 Å². The summed E-state index contributed by atoms with van der Waals surface area (Å²) < 4.78 is 67.0. The molecule has 0 saturated heterocycles. The van der Waals surface area contributed by atoms with Crippen LogP contribution in [-0.2, 0) is 38.8 Å². The van der Waals surface area contributed by atoms with E-state index in [9.17, 15) is 31.2 Å². The van der Waals surface area contributed by atoms with Gasteiger partial charge < -0.3 is 10.2 Å². The highest BCUT2D eigenvalue weighted by Crippen LogP contribution is 2.32. The fourth-order valence-corrected chi connectivity index (χ4v) is 6.55. The molecule has 242 valence electrons. The molecule has 13 heteroatoms. The number of amides is 2. The first-order chi connectivity index (χ1) is 21.2. The second-order valence-corrected chi connectivity index (χ2v) is 13.9. The molecule has 0 radical (unpaired) electrons. The summed E-state index contributed by atoms with van der Waals surface area (Å²) in [7, 11) is -4.24. The van der Waals surface area contributed by atoms with Crippen molar-refractivity contribution in [1.29, 1.82) is 0 Å². The van der Waals surface area contributed by atoms with Gasteiger partial charge in [0.25, 0.3) is 0 Å². The van der Waals surface area contributed by atoms with E-state index in [4.69, 9.17) is 23.2 Å². The molecule has 1 aliphatic rings. The molecule has 45 heavy (non-hydrogen) atoms. The van der Waals surface area contributed by atoms with Crippen molar-refractivity contribution in [2.45, 2.75) is 63.3 Å². The minimum absolute atomic E-state index is 0.0796. The van der Waals surface area contributed by atoms with Gasteiger partial charge in [-0.05, 0) is 54.3 Å². The number of hydrogen-bond donors (Lipinski definition) is 1. The molecule has 1 fully saturated rings. The Morgan fingerprint density at radius 3 is 2.22 bits per heavy atom. The second kappa shape index (κ2) is 14.9. The number of carbonyl (C=O) groups excluding carboxylic acids is 2. The quantitative estimate of drug-likeness (QED) is 0.239. The van der Waals surface area contributed by atoms with E-state index >= 15 is 0 Å². The van der Waals surface area contributed by atoms with Gasteiger partial charge >= 0.3 is 6.18 Å². The molecule has 0 heterocycles.